The van der Waals surface area contributed by atoms with Gasteiger partial charge in [-0.15, -0.1) is 0 Å². The maximum Gasteiger partial charge on any atom is 0.163 e. The van der Waals surface area contributed by atoms with E-state index < -0.39 is 0 Å². The number of nitriles is 2. The monoisotopic (exact) mass is 976 g/mol. The summed E-state index contributed by atoms with van der Waals surface area (Å²) in [4.78, 5) is 55.7. The van der Waals surface area contributed by atoms with Crippen molar-refractivity contribution in [2.45, 2.75) is 62.3 Å². The molecule has 0 aliphatic heterocycles. The summed E-state index contributed by atoms with van der Waals surface area (Å²) in [6, 6.07) is 39.7. The van der Waals surface area contributed by atoms with Crippen molar-refractivity contribution in [3.05, 3.63) is 166 Å². The van der Waals surface area contributed by atoms with Crippen molar-refractivity contribution < 1.29 is 0 Å². The molecule has 0 unspecified atom stereocenters. The molecule has 0 aliphatic carbocycles. The number of benzene rings is 6. The molecule has 0 saturated heterocycles. The number of nitrogens with zero attached hydrogens (tertiary/aromatic N) is 16. The standard InChI is InChI=1S/C59H44N16/c1-29-18-38(27-60)20-43(19-29)44-25-54(74-50-14-10-39(56-66-30(2)62-31(3)67-56)21-45(50)46-22-40(11-15-51(46)74)57-68-32(4)63-33(5)69-57)49(28-61)55(26-44)75-52-16-12-41(58-70-34(6)64-35(7)71-58)23-47(52)48-24-42(13-17-53(48)75)59-72-36(8)65-37(9)73-59/h10-26H,1-9H3. The van der Waals surface area contributed by atoms with E-state index in [1.54, 1.807) is 0 Å². The lowest BCUT2D eigenvalue weighted by molar-refractivity contribution is 0.928. The van der Waals surface area contributed by atoms with E-state index in [2.05, 4.69) is 108 Å². The van der Waals surface area contributed by atoms with Crippen LogP contribution in [0.1, 0.15) is 63.3 Å². The fourth-order valence-electron chi connectivity index (χ4n) is 10.4. The lowest BCUT2D eigenvalue weighted by Gasteiger charge is -2.19. The van der Waals surface area contributed by atoms with Gasteiger partial charge in [0.05, 0.1) is 45.1 Å². The molecule has 0 amide bonds. The highest BCUT2D eigenvalue weighted by Crippen LogP contribution is 2.43. The molecule has 0 bridgehead atoms. The molecule has 360 valence electrons. The molecular weight excluding hydrogens is 933 g/mol. The van der Waals surface area contributed by atoms with Crippen LogP contribution in [0.3, 0.4) is 0 Å². The number of rotatable bonds is 7. The molecule has 0 fully saturated rings. The number of fused-ring (bicyclic) bond motifs is 6. The van der Waals surface area contributed by atoms with Crippen molar-refractivity contribution in [2.24, 2.45) is 0 Å². The van der Waals surface area contributed by atoms with Crippen LogP contribution in [0.5, 0.6) is 0 Å². The highest BCUT2D eigenvalue weighted by atomic mass is 15.1. The zero-order valence-electron chi connectivity index (χ0n) is 42.5. The van der Waals surface area contributed by atoms with Crippen LogP contribution in [0.25, 0.3) is 112 Å². The summed E-state index contributed by atoms with van der Waals surface area (Å²) in [5, 5.41) is 25.7. The Morgan fingerprint density at radius 2 is 0.600 bits per heavy atom. The lowest BCUT2D eigenvalue weighted by Crippen LogP contribution is -2.05. The Kier molecular flexibility index (Phi) is 10.8. The van der Waals surface area contributed by atoms with Crippen molar-refractivity contribution in [1.29, 1.82) is 10.5 Å². The summed E-state index contributed by atoms with van der Waals surface area (Å²) in [7, 11) is 0. The maximum atomic E-state index is 11.8. The van der Waals surface area contributed by atoms with E-state index in [1.165, 1.54) is 0 Å². The van der Waals surface area contributed by atoms with Crippen LogP contribution in [-0.2, 0) is 0 Å². The predicted molar refractivity (Wildman–Crippen MR) is 288 cm³/mol. The number of hydrogen-bond donors (Lipinski definition) is 0. The normalized spacial score (nSPS) is 11.5. The summed E-state index contributed by atoms with van der Waals surface area (Å²) >= 11 is 0. The zero-order valence-corrected chi connectivity index (χ0v) is 42.5. The van der Waals surface area contributed by atoms with Gasteiger partial charge in [-0.25, -0.2) is 59.8 Å². The van der Waals surface area contributed by atoms with Crippen molar-refractivity contribution in [1.82, 2.24) is 68.9 Å². The quantitative estimate of drug-likeness (QED) is 0.145. The summed E-state index contributed by atoms with van der Waals surface area (Å²) < 4.78 is 4.30. The molecule has 16 nitrogen and oxygen atoms in total. The molecular formula is C59H44N16. The maximum absolute atomic E-state index is 11.8. The van der Waals surface area contributed by atoms with Crippen LogP contribution in [0.15, 0.2) is 103 Å². The minimum atomic E-state index is 0.408. The number of hydrogen-bond acceptors (Lipinski definition) is 14. The summed E-state index contributed by atoms with van der Waals surface area (Å²) in [6.07, 6.45) is 0. The van der Waals surface area contributed by atoms with Gasteiger partial charge in [-0.3, -0.25) is 0 Å². The third-order valence-electron chi connectivity index (χ3n) is 13.2. The van der Waals surface area contributed by atoms with E-state index >= 15 is 0 Å². The van der Waals surface area contributed by atoms with E-state index in [0.717, 1.165) is 82.6 Å². The molecule has 0 saturated carbocycles. The van der Waals surface area contributed by atoms with Gasteiger partial charge in [0, 0.05) is 43.8 Å². The van der Waals surface area contributed by atoms with E-state index in [9.17, 15) is 10.5 Å². The molecule has 0 radical (unpaired) electrons. The summed E-state index contributed by atoms with van der Waals surface area (Å²) in [5.41, 5.74) is 11.3. The van der Waals surface area contributed by atoms with E-state index in [1.807, 2.05) is 98.7 Å². The second kappa shape index (κ2) is 17.6. The topological polar surface area (TPSA) is 212 Å². The first kappa shape index (κ1) is 46.0. The first-order valence-electron chi connectivity index (χ1n) is 24.2. The average molecular weight is 977 g/mol. The molecule has 6 heterocycles. The Hall–Kier alpha value is -10.1. The van der Waals surface area contributed by atoms with E-state index in [-0.39, 0.29) is 0 Å². The average Bonchev–Trinajstić information content (AvgIpc) is 3.93. The fourth-order valence-corrected chi connectivity index (χ4v) is 10.4. The Balaban J connectivity index is 1.20. The van der Waals surface area contributed by atoms with Gasteiger partial charge in [-0.1, -0.05) is 6.07 Å². The third kappa shape index (κ3) is 8.11. The molecule has 6 aromatic carbocycles. The van der Waals surface area contributed by atoms with Crippen LogP contribution in [-0.4, -0.2) is 68.9 Å². The minimum absolute atomic E-state index is 0.408. The lowest BCUT2D eigenvalue weighted by atomic mass is 9.97. The van der Waals surface area contributed by atoms with Gasteiger partial charge >= 0.3 is 0 Å². The van der Waals surface area contributed by atoms with E-state index in [4.69, 9.17) is 39.9 Å². The van der Waals surface area contributed by atoms with Gasteiger partial charge in [-0.05, 0) is 176 Å². The van der Waals surface area contributed by atoms with Crippen molar-refractivity contribution >= 4 is 43.6 Å². The zero-order chi connectivity index (χ0) is 52.0. The highest BCUT2D eigenvalue weighted by Gasteiger charge is 2.25. The molecule has 16 heteroatoms. The Morgan fingerprint density at radius 1 is 0.307 bits per heavy atom. The van der Waals surface area contributed by atoms with Crippen LogP contribution < -0.4 is 0 Å². The molecule has 0 N–H and O–H groups in total. The van der Waals surface area contributed by atoms with Gasteiger partial charge in [0.2, 0.25) is 0 Å². The minimum Gasteiger partial charge on any atom is -0.308 e. The molecule has 75 heavy (non-hydrogen) atoms. The molecule has 0 atom stereocenters. The van der Waals surface area contributed by atoms with Gasteiger partial charge in [-0.2, -0.15) is 10.5 Å². The van der Waals surface area contributed by atoms with Crippen LogP contribution >= 0.6 is 0 Å². The number of aromatic nitrogens is 14. The molecule has 6 aromatic heterocycles. The van der Waals surface area contributed by atoms with Gasteiger partial charge in [0.1, 0.15) is 58.2 Å². The van der Waals surface area contributed by atoms with Crippen LogP contribution in [0.4, 0.5) is 0 Å². The SMILES string of the molecule is Cc1cc(C#N)cc(-c2cc(-n3c4ccc(-c5nc(C)nc(C)n5)cc4c4cc(-c5nc(C)nc(C)n5)ccc43)c(C#N)c(-n3c4ccc(-c5nc(C)nc(C)n5)cc4c4cc(-c5nc(C)nc(C)n5)ccc43)c2)c1. The van der Waals surface area contributed by atoms with Crippen molar-refractivity contribution in [2.75, 3.05) is 0 Å². The molecule has 0 aliphatic rings. The van der Waals surface area contributed by atoms with Gasteiger partial charge in [0.25, 0.3) is 0 Å². The first-order valence-corrected chi connectivity index (χ1v) is 24.2. The second-order valence-corrected chi connectivity index (χ2v) is 18.8. The Bertz CT molecular complexity index is 3970. The largest absolute Gasteiger partial charge is 0.308 e. The van der Waals surface area contributed by atoms with Gasteiger partial charge in [0.15, 0.2) is 23.3 Å². The van der Waals surface area contributed by atoms with E-state index in [0.29, 0.717) is 92.4 Å². The van der Waals surface area contributed by atoms with Crippen molar-refractivity contribution in [3.8, 4) is 80.2 Å². The molecule has 12 rings (SSSR count). The van der Waals surface area contributed by atoms with Crippen molar-refractivity contribution in [3.63, 3.8) is 0 Å². The Labute approximate surface area is 430 Å². The summed E-state index contributed by atoms with van der Waals surface area (Å²) in [6.45, 7) is 16.9. The highest BCUT2D eigenvalue weighted by molar-refractivity contribution is 6.13. The Morgan fingerprint density at radius 3 is 0.880 bits per heavy atom. The predicted octanol–water partition coefficient (Wildman–Crippen LogP) is 11.5. The summed E-state index contributed by atoms with van der Waals surface area (Å²) in [5.74, 6) is 7.14. The first-order chi connectivity index (χ1) is 36.2. The fraction of sp³-hybridized carbons (Fsp3) is 0.153. The van der Waals surface area contributed by atoms with Crippen LogP contribution in [0.2, 0.25) is 0 Å². The van der Waals surface area contributed by atoms with Gasteiger partial charge < -0.3 is 9.13 Å². The van der Waals surface area contributed by atoms with Crippen LogP contribution in [0, 0.1) is 85.0 Å². The molecule has 12 aromatic rings. The third-order valence-corrected chi connectivity index (χ3v) is 13.2. The number of aryl methyl sites for hydroxylation is 9. The second-order valence-electron chi connectivity index (χ2n) is 18.8. The smallest absolute Gasteiger partial charge is 0.163 e. The molecule has 0 spiro atoms.